The highest BCUT2D eigenvalue weighted by Gasteiger charge is 2.04. The van der Waals surface area contributed by atoms with Crippen LogP contribution >= 0.6 is 11.6 Å². The molecule has 0 radical (unpaired) electrons. The fraction of sp³-hybridized carbons (Fsp3) is 0. The molecule has 0 fully saturated rings. The Hall–Kier alpha value is -0.890. The van der Waals surface area contributed by atoms with Crippen LogP contribution in [0.3, 0.4) is 0 Å². The van der Waals surface area contributed by atoms with Gasteiger partial charge in [0, 0.05) is 5.56 Å². The van der Waals surface area contributed by atoms with Crippen LogP contribution in [0.15, 0.2) is 35.6 Å². The molecule has 0 saturated heterocycles. The Bertz CT molecular complexity index is 263. The topological polar surface area (TPSA) is 0 Å². The second kappa shape index (κ2) is 3.49. The third-order valence-electron chi connectivity index (χ3n) is 1.19. The summed E-state index contributed by atoms with van der Waals surface area (Å²) in [6.07, 6.45) is 0. The van der Waals surface area contributed by atoms with Gasteiger partial charge in [-0.15, -0.1) is 0 Å². The molecule has 0 aliphatic rings. The molecule has 0 amide bonds. The van der Waals surface area contributed by atoms with Crippen molar-refractivity contribution in [1.82, 2.24) is 0 Å². The van der Waals surface area contributed by atoms with Crippen LogP contribution in [-0.2, 0) is 0 Å². The summed E-state index contributed by atoms with van der Waals surface area (Å²) in [6.45, 7) is 0. The van der Waals surface area contributed by atoms with Crippen molar-refractivity contribution in [3.05, 3.63) is 41.2 Å². The van der Waals surface area contributed by atoms with E-state index < -0.39 is 11.1 Å². The molecule has 0 nitrogen and oxygen atoms in total. The Labute approximate surface area is 68.1 Å². The van der Waals surface area contributed by atoms with Gasteiger partial charge in [0.25, 0.3) is 0 Å². The minimum absolute atomic E-state index is 0.153. The molecule has 1 aromatic rings. The zero-order valence-corrected chi connectivity index (χ0v) is 6.28. The van der Waals surface area contributed by atoms with Gasteiger partial charge >= 0.3 is 0 Å². The highest BCUT2D eigenvalue weighted by Crippen LogP contribution is 2.22. The zero-order valence-electron chi connectivity index (χ0n) is 5.52. The number of hydrogen-bond donors (Lipinski definition) is 0. The quantitative estimate of drug-likeness (QED) is 0.612. The maximum Gasteiger partial charge on any atom is 0.225 e. The van der Waals surface area contributed by atoms with E-state index >= 15 is 0 Å². The highest BCUT2D eigenvalue weighted by molar-refractivity contribution is 6.30. The fourth-order valence-electron chi connectivity index (χ4n) is 0.694. The normalized spacial score (nSPS) is 12.6. The largest absolute Gasteiger partial charge is 0.225 e. The summed E-state index contributed by atoms with van der Waals surface area (Å²) in [5.41, 5.74) is 0.153. The fourth-order valence-corrected chi connectivity index (χ4v) is 0.803. The Morgan fingerprint density at radius 3 is 2.09 bits per heavy atom. The summed E-state index contributed by atoms with van der Waals surface area (Å²) in [5.74, 6) is -1.02. The maximum absolute atomic E-state index is 12.6. The molecule has 0 bridgehead atoms. The lowest BCUT2D eigenvalue weighted by Gasteiger charge is -1.94. The molecule has 11 heavy (non-hydrogen) atoms. The molecule has 0 aliphatic heterocycles. The van der Waals surface area contributed by atoms with Crippen LogP contribution in [0.25, 0.3) is 5.83 Å². The summed E-state index contributed by atoms with van der Waals surface area (Å²) in [4.78, 5) is 0. The molecule has 1 aromatic carbocycles. The van der Waals surface area contributed by atoms with Crippen LogP contribution in [0.2, 0.25) is 0 Å². The van der Waals surface area contributed by atoms with E-state index in [0.717, 1.165) is 0 Å². The maximum atomic E-state index is 12.6. The van der Waals surface area contributed by atoms with E-state index in [2.05, 4.69) is 0 Å². The molecule has 0 N–H and O–H groups in total. The van der Waals surface area contributed by atoms with E-state index in [1.54, 1.807) is 18.2 Å². The molecule has 0 aromatic heterocycles. The minimum Gasteiger partial charge on any atom is -0.202 e. The average molecular weight is 175 g/mol. The molecular formula is C8H5ClF2. The Morgan fingerprint density at radius 1 is 1.09 bits per heavy atom. The third-order valence-corrected chi connectivity index (χ3v) is 1.36. The van der Waals surface area contributed by atoms with Gasteiger partial charge in [0.05, 0.1) is 0 Å². The van der Waals surface area contributed by atoms with Crippen molar-refractivity contribution in [2.75, 3.05) is 0 Å². The minimum atomic E-state index is -1.31. The summed E-state index contributed by atoms with van der Waals surface area (Å²) in [5, 5.41) is -1.31. The summed E-state index contributed by atoms with van der Waals surface area (Å²) < 4.78 is 24.7. The van der Waals surface area contributed by atoms with Crippen LogP contribution in [0, 0.1) is 0 Å². The van der Waals surface area contributed by atoms with E-state index in [1.807, 2.05) is 0 Å². The van der Waals surface area contributed by atoms with E-state index in [1.165, 1.54) is 12.1 Å². The number of hydrogen-bond acceptors (Lipinski definition) is 0. The van der Waals surface area contributed by atoms with Crippen LogP contribution in [0.5, 0.6) is 0 Å². The zero-order chi connectivity index (χ0) is 8.27. The summed E-state index contributed by atoms with van der Waals surface area (Å²) in [6, 6.07) is 7.81. The predicted molar refractivity (Wildman–Crippen MR) is 41.4 cm³/mol. The third kappa shape index (κ3) is 2.02. The van der Waals surface area contributed by atoms with Crippen molar-refractivity contribution in [2.45, 2.75) is 0 Å². The second-order valence-corrected chi connectivity index (χ2v) is 2.27. The highest BCUT2D eigenvalue weighted by atomic mass is 35.5. The molecule has 0 saturated carbocycles. The van der Waals surface area contributed by atoms with Crippen LogP contribution in [0.4, 0.5) is 8.78 Å². The molecule has 0 heterocycles. The molecule has 0 unspecified atom stereocenters. The smallest absolute Gasteiger partial charge is 0.202 e. The number of benzene rings is 1. The lowest BCUT2D eigenvalue weighted by atomic mass is 10.2. The average Bonchev–Trinajstić information content (AvgIpc) is 2.05. The van der Waals surface area contributed by atoms with Crippen LogP contribution in [0.1, 0.15) is 5.56 Å². The van der Waals surface area contributed by atoms with E-state index in [4.69, 9.17) is 11.6 Å². The lowest BCUT2D eigenvalue weighted by Crippen LogP contribution is -1.76. The van der Waals surface area contributed by atoms with Crippen molar-refractivity contribution in [1.29, 1.82) is 0 Å². The summed E-state index contributed by atoms with van der Waals surface area (Å²) in [7, 11) is 0. The summed E-state index contributed by atoms with van der Waals surface area (Å²) >= 11 is 4.80. The van der Waals surface area contributed by atoms with Crippen molar-refractivity contribution < 1.29 is 8.78 Å². The van der Waals surface area contributed by atoms with Gasteiger partial charge in [0.2, 0.25) is 5.29 Å². The molecule has 0 aliphatic carbocycles. The van der Waals surface area contributed by atoms with Crippen molar-refractivity contribution >= 4 is 17.4 Å². The second-order valence-electron chi connectivity index (χ2n) is 1.94. The van der Waals surface area contributed by atoms with E-state index in [0.29, 0.717) is 0 Å². The molecule has 0 spiro atoms. The Kier molecular flexibility index (Phi) is 2.60. The molecule has 1 rings (SSSR count). The monoisotopic (exact) mass is 174 g/mol. The van der Waals surface area contributed by atoms with Gasteiger partial charge < -0.3 is 0 Å². The Balaban J connectivity index is 3.04. The first-order valence-corrected chi connectivity index (χ1v) is 3.36. The van der Waals surface area contributed by atoms with Gasteiger partial charge in [-0.2, -0.15) is 4.39 Å². The molecule has 58 valence electrons. The van der Waals surface area contributed by atoms with Crippen LogP contribution < -0.4 is 0 Å². The van der Waals surface area contributed by atoms with Crippen molar-refractivity contribution in [2.24, 2.45) is 0 Å². The first-order chi connectivity index (χ1) is 5.22. The SMILES string of the molecule is F/C(Cl)=C(\F)c1ccccc1. The van der Waals surface area contributed by atoms with Crippen molar-refractivity contribution in [3.63, 3.8) is 0 Å². The first-order valence-electron chi connectivity index (χ1n) is 2.98. The predicted octanol–water partition coefficient (Wildman–Crippen LogP) is 3.49. The van der Waals surface area contributed by atoms with E-state index in [9.17, 15) is 8.78 Å². The van der Waals surface area contributed by atoms with Gasteiger partial charge in [-0.3, -0.25) is 0 Å². The lowest BCUT2D eigenvalue weighted by molar-refractivity contribution is 0.651. The molecule has 0 atom stereocenters. The van der Waals surface area contributed by atoms with Gasteiger partial charge in [-0.25, -0.2) is 4.39 Å². The number of halogens is 3. The molecule has 3 heteroatoms. The molecular weight excluding hydrogens is 170 g/mol. The van der Waals surface area contributed by atoms with E-state index in [-0.39, 0.29) is 5.56 Å². The van der Waals surface area contributed by atoms with Gasteiger partial charge in [0.1, 0.15) is 0 Å². The van der Waals surface area contributed by atoms with Crippen LogP contribution in [-0.4, -0.2) is 0 Å². The van der Waals surface area contributed by atoms with Gasteiger partial charge in [-0.1, -0.05) is 30.3 Å². The van der Waals surface area contributed by atoms with Gasteiger partial charge in [-0.05, 0) is 11.6 Å². The first kappa shape index (κ1) is 8.21. The Morgan fingerprint density at radius 2 is 1.64 bits per heavy atom. The van der Waals surface area contributed by atoms with Gasteiger partial charge in [0.15, 0.2) is 5.83 Å². The number of rotatable bonds is 1. The van der Waals surface area contributed by atoms with Crippen molar-refractivity contribution in [3.8, 4) is 0 Å². The standard InChI is InChI=1S/C8H5ClF2/c9-8(11)7(10)6-4-2-1-3-5-6/h1-5H/b8-7-.